The summed E-state index contributed by atoms with van der Waals surface area (Å²) in [6, 6.07) is 4.16. The van der Waals surface area contributed by atoms with Crippen molar-refractivity contribution < 1.29 is 14.2 Å². The van der Waals surface area contributed by atoms with E-state index in [0.717, 1.165) is 47.5 Å². The second kappa shape index (κ2) is 8.01. The Labute approximate surface area is 135 Å². The maximum Gasteiger partial charge on any atom is 0.141 e. The van der Waals surface area contributed by atoms with Crippen molar-refractivity contribution in [1.82, 2.24) is 5.32 Å². The van der Waals surface area contributed by atoms with Crippen LogP contribution in [0.1, 0.15) is 37.8 Å². The minimum atomic E-state index is 0.132. The first-order valence-electron chi connectivity index (χ1n) is 7.48. The summed E-state index contributed by atoms with van der Waals surface area (Å²) in [6.45, 7) is 3.84. The van der Waals surface area contributed by atoms with E-state index in [-0.39, 0.29) is 12.1 Å². The molecule has 2 rings (SSSR count). The standard InChI is InChI=1S/C16H24BrNO3/c1-4-18-15(13-7-5-6-10-21-13)11-8-9-12(19-2)14(17)16(11)20-3/h8-9,13,15,18H,4-7,10H2,1-3H3. The van der Waals surface area contributed by atoms with E-state index in [9.17, 15) is 0 Å². The molecule has 1 aromatic carbocycles. The van der Waals surface area contributed by atoms with Crippen molar-refractivity contribution in [3.63, 3.8) is 0 Å². The molecule has 118 valence electrons. The molecule has 1 aromatic rings. The number of methoxy groups -OCH3 is 2. The minimum Gasteiger partial charge on any atom is -0.495 e. The number of rotatable bonds is 6. The van der Waals surface area contributed by atoms with Crippen molar-refractivity contribution in [3.05, 3.63) is 22.2 Å². The van der Waals surface area contributed by atoms with Crippen LogP contribution in [-0.2, 0) is 4.74 Å². The molecule has 0 radical (unpaired) electrons. The predicted octanol–water partition coefficient (Wildman–Crippen LogP) is 3.69. The van der Waals surface area contributed by atoms with Gasteiger partial charge >= 0.3 is 0 Å². The number of nitrogens with one attached hydrogen (secondary N) is 1. The van der Waals surface area contributed by atoms with Gasteiger partial charge in [0.05, 0.1) is 26.4 Å². The Balaban J connectivity index is 2.36. The monoisotopic (exact) mass is 357 g/mol. The number of hydrogen-bond donors (Lipinski definition) is 1. The van der Waals surface area contributed by atoms with Gasteiger partial charge in [0.25, 0.3) is 0 Å². The smallest absolute Gasteiger partial charge is 0.141 e. The molecule has 1 N–H and O–H groups in total. The molecule has 0 aromatic heterocycles. The Bertz CT molecular complexity index is 461. The van der Waals surface area contributed by atoms with Crippen LogP contribution in [0.4, 0.5) is 0 Å². The molecule has 21 heavy (non-hydrogen) atoms. The largest absolute Gasteiger partial charge is 0.495 e. The van der Waals surface area contributed by atoms with Gasteiger partial charge in [-0.2, -0.15) is 0 Å². The molecule has 2 unspecified atom stereocenters. The van der Waals surface area contributed by atoms with E-state index in [2.05, 4.69) is 34.2 Å². The Morgan fingerprint density at radius 1 is 1.33 bits per heavy atom. The lowest BCUT2D eigenvalue weighted by atomic mass is 9.94. The Kier molecular flexibility index (Phi) is 6.33. The second-order valence-corrected chi connectivity index (χ2v) is 5.94. The molecular weight excluding hydrogens is 334 g/mol. The predicted molar refractivity (Wildman–Crippen MR) is 87.3 cm³/mol. The average Bonchev–Trinajstić information content (AvgIpc) is 2.53. The van der Waals surface area contributed by atoms with E-state index in [1.54, 1.807) is 14.2 Å². The highest BCUT2D eigenvalue weighted by Gasteiger charge is 2.29. The summed E-state index contributed by atoms with van der Waals surface area (Å²) < 4.78 is 17.8. The Hall–Kier alpha value is -0.780. The third kappa shape index (κ3) is 3.71. The lowest BCUT2D eigenvalue weighted by molar-refractivity contribution is -0.00833. The van der Waals surface area contributed by atoms with E-state index in [4.69, 9.17) is 14.2 Å². The van der Waals surface area contributed by atoms with E-state index in [1.165, 1.54) is 6.42 Å². The van der Waals surface area contributed by atoms with Gasteiger partial charge in [0.1, 0.15) is 16.0 Å². The molecule has 1 saturated heterocycles. The van der Waals surface area contributed by atoms with Gasteiger partial charge in [-0.25, -0.2) is 0 Å². The zero-order chi connectivity index (χ0) is 15.2. The zero-order valence-electron chi connectivity index (χ0n) is 12.9. The molecule has 0 saturated carbocycles. The highest BCUT2D eigenvalue weighted by atomic mass is 79.9. The second-order valence-electron chi connectivity index (χ2n) is 5.14. The molecule has 2 atom stereocenters. The van der Waals surface area contributed by atoms with E-state index in [1.807, 2.05) is 6.07 Å². The summed E-state index contributed by atoms with van der Waals surface area (Å²) in [5, 5.41) is 3.54. The third-order valence-electron chi connectivity index (χ3n) is 3.86. The third-order valence-corrected chi connectivity index (χ3v) is 4.61. The molecule has 1 aliphatic rings. The van der Waals surface area contributed by atoms with Crippen molar-refractivity contribution in [3.8, 4) is 11.5 Å². The van der Waals surface area contributed by atoms with Gasteiger partial charge in [-0.3, -0.25) is 0 Å². The number of likely N-dealkylation sites (N-methyl/N-ethyl adjacent to an activating group) is 1. The van der Waals surface area contributed by atoms with Gasteiger partial charge in [-0.15, -0.1) is 0 Å². The topological polar surface area (TPSA) is 39.7 Å². The first kappa shape index (κ1) is 16.6. The fourth-order valence-electron chi connectivity index (χ4n) is 2.85. The van der Waals surface area contributed by atoms with Crippen LogP contribution in [-0.4, -0.2) is 33.5 Å². The van der Waals surface area contributed by atoms with Crippen molar-refractivity contribution in [2.45, 2.75) is 38.3 Å². The minimum absolute atomic E-state index is 0.132. The highest BCUT2D eigenvalue weighted by molar-refractivity contribution is 9.10. The van der Waals surface area contributed by atoms with Gasteiger partial charge in [0.2, 0.25) is 0 Å². The fourth-order valence-corrected chi connectivity index (χ4v) is 3.54. The lowest BCUT2D eigenvalue weighted by Crippen LogP contribution is -2.36. The van der Waals surface area contributed by atoms with Crippen LogP contribution in [0.15, 0.2) is 16.6 Å². The molecule has 4 nitrogen and oxygen atoms in total. The molecule has 0 aliphatic carbocycles. The summed E-state index contributed by atoms with van der Waals surface area (Å²) in [6.07, 6.45) is 3.63. The number of hydrogen-bond acceptors (Lipinski definition) is 4. The fraction of sp³-hybridized carbons (Fsp3) is 0.625. The number of benzene rings is 1. The molecule has 0 amide bonds. The zero-order valence-corrected chi connectivity index (χ0v) is 14.5. The normalized spacial score (nSPS) is 20.1. The van der Waals surface area contributed by atoms with Gasteiger partial charge in [-0.05, 0) is 53.9 Å². The SMILES string of the molecule is CCNC(c1ccc(OC)c(Br)c1OC)C1CCCCO1. The molecule has 5 heteroatoms. The summed E-state index contributed by atoms with van der Waals surface area (Å²) in [7, 11) is 3.35. The van der Waals surface area contributed by atoms with E-state index >= 15 is 0 Å². The summed E-state index contributed by atoms with van der Waals surface area (Å²) >= 11 is 3.58. The Morgan fingerprint density at radius 2 is 2.14 bits per heavy atom. The van der Waals surface area contributed by atoms with Crippen LogP contribution < -0.4 is 14.8 Å². The van der Waals surface area contributed by atoms with Crippen molar-refractivity contribution in [2.24, 2.45) is 0 Å². The van der Waals surface area contributed by atoms with Crippen LogP contribution >= 0.6 is 15.9 Å². The lowest BCUT2D eigenvalue weighted by Gasteiger charge is -2.32. The summed E-state index contributed by atoms with van der Waals surface area (Å²) in [5.41, 5.74) is 1.11. The Morgan fingerprint density at radius 3 is 2.71 bits per heavy atom. The van der Waals surface area contributed by atoms with Gasteiger partial charge < -0.3 is 19.5 Å². The molecule has 1 aliphatic heterocycles. The van der Waals surface area contributed by atoms with Gasteiger partial charge in [-0.1, -0.05) is 6.92 Å². The van der Waals surface area contributed by atoms with Crippen LogP contribution in [0.25, 0.3) is 0 Å². The molecular formula is C16H24BrNO3. The van der Waals surface area contributed by atoms with Crippen LogP contribution in [0, 0.1) is 0 Å². The van der Waals surface area contributed by atoms with Crippen molar-refractivity contribution >= 4 is 15.9 Å². The quantitative estimate of drug-likeness (QED) is 0.842. The molecule has 1 fully saturated rings. The number of halogens is 1. The average molecular weight is 358 g/mol. The van der Waals surface area contributed by atoms with Crippen molar-refractivity contribution in [1.29, 1.82) is 0 Å². The molecule has 1 heterocycles. The summed E-state index contributed by atoms with van der Waals surface area (Å²) in [4.78, 5) is 0. The van der Waals surface area contributed by atoms with Crippen LogP contribution in [0.3, 0.4) is 0 Å². The first-order chi connectivity index (χ1) is 10.2. The highest BCUT2D eigenvalue weighted by Crippen LogP contribution is 2.41. The van der Waals surface area contributed by atoms with Crippen LogP contribution in [0.2, 0.25) is 0 Å². The first-order valence-corrected chi connectivity index (χ1v) is 8.27. The van der Waals surface area contributed by atoms with E-state index < -0.39 is 0 Å². The van der Waals surface area contributed by atoms with Crippen molar-refractivity contribution in [2.75, 3.05) is 27.4 Å². The van der Waals surface area contributed by atoms with E-state index in [0.29, 0.717) is 0 Å². The molecule has 0 spiro atoms. The summed E-state index contributed by atoms with van der Waals surface area (Å²) in [5.74, 6) is 1.59. The van der Waals surface area contributed by atoms with Gasteiger partial charge in [0, 0.05) is 12.2 Å². The maximum absolute atomic E-state index is 5.98. The maximum atomic E-state index is 5.98. The number of ether oxygens (including phenoxy) is 3. The van der Waals surface area contributed by atoms with Gasteiger partial charge in [0.15, 0.2) is 0 Å². The van der Waals surface area contributed by atoms with Crippen LogP contribution in [0.5, 0.6) is 11.5 Å². The molecule has 0 bridgehead atoms.